The maximum atomic E-state index is 12.4. The number of hydrogen-bond donors (Lipinski definition) is 3. The van der Waals surface area contributed by atoms with E-state index in [4.69, 9.17) is 10.5 Å². The van der Waals surface area contributed by atoms with Crippen LogP contribution in [0.3, 0.4) is 0 Å². The molecule has 3 amide bonds. The van der Waals surface area contributed by atoms with E-state index in [1.54, 1.807) is 31.4 Å². The second kappa shape index (κ2) is 7.84. The number of carbonyl (C=O) groups is 2. The largest absolute Gasteiger partial charge is 0.497 e. The molecule has 23 heavy (non-hydrogen) atoms. The molecule has 0 aliphatic heterocycles. The molecule has 0 aliphatic carbocycles. The van der Waals surface area contributed by atoms with Gasteiger partial charge in [-0.15, -0.1) is 0 Å². The van der Waals surface area contributed by atoms with Crippen molar-refractivity contribution in [1.82, 2.24) is 5.32 Å². The van der Waals surface area contributed by atoms with Crippen molar-refractivity contribution >= 4 is 17.6 Å². The molecule has 0 saturated heterocycles. The summed E-state index contributed by atoms with van der Waals surface area (Å²) in [6, 6.07) is 14.8. The summed E-state index contributed by atoms with van der Waals surface area (Å²) in [4.78, 5) is 23.5. The molecule has 6 nitrogen and oxygen atoms in total. The Bertz CT molecular complexity index is 657. The average Bonchev–Trinajstić information content (AvgIpc) is 2.55. The van der Waals surface area contributed by atoms with Crippen molar-refractivity contribution in [3.63, 3.8) is 0 Å². The van der Waals surface area contributed by atoms with E-state index in [-0.39, 0.29) is 5.91 Å². The van der Waals surface area contributed by atoms with Crippen LogP contribution < -0.4 is 21.1 Å². The first kappa shape index (κ1) is 16.4. The molecule has 0 aliphatic rings. The van der Waals surface area contributed by atoms with Gasteiger partial charge in [0.2, 0.25) is 5.91 Å². The van der Waals surface area contributed by atoms with Gasteiger partial charge >= 0.3 is 6.03 Å². The number of anilines is 1. The number of ether oxygens (including phenoxy) is 1. The fourth-order valence-electron chi connectivity index (χ4n) is 2.13. The molecule has 2 aromatic carbocycles. The molecule has 6 heteroatoms. The third-order valence-corrected chi connectivity index (χ3v) is 3.27. The predicted octanol–water partition coefficient (Wildman–Crippen LogP) is 1.91. The van der Waals surface area contributed by atoms with Gasteiger partial charge < -0.3 is 21.1 Å². The third-order valence-electron chi connectivity index (χ3n) is 3.27. The Balaban J connectivity index is 2.07. The lowest BCUT2D eigenvalue weighted by molar-refractivity contribution is -0.117. The number of benzene rings is 2. The van der Waals surface area contributed by atoms with Crippen LogP contribution in [-0.4, -0.2) is 25.1 Å². The summed E-state index contributed by atoms with van der Waals surface area (Å²) in [6.45, 7) is 0. The van der Waals surface area contributed by atoms with Gasteiger partial charge in [-0.1, -0.05) is 30.3 Å². The van der Waals surface area contributed by atoms with E-state index in [0.717, 1.165) is 5.56 Å². The minimum atomic E-state index is -0.753. The SMILES string of the molecule is COc1ccc(NC(=O)C(Cc2ccccc2)NC(N)=O)cc1. The lowest BCUT2D eigenvalue weighted by Gasteiger charge is -2.17. The Morgan fingerprint density at radius 2 is 1.74 bits per heavy atom. The Kier molecular flexibility index (Phi) is 5.57. The number of methoxy groups -OCH3 is 1. The van der Waals surface area contributed by atoms with E-state index in [1.807, 2.05) is 30.3 Å². The van der Waals surface area contributed by atoms with Crippen LogP contribution in [0.2, 0.25) is 0 Å². The van der Waals surface area contributed by atoms with Crippen molar-refractivity contribution in [3.05, 3.63) is 60.2 Å². The first-order chi connectivity index (χ1) is 11.1. The number of nitrogens with two attached hydrogens (primary N) is 1. The van der Waals surface area contributed by atoms with Crippen molar-refractivity contribution in [3.8, 4) is 5.75 Å². The Morgan fingerprint density at radius 1 is 1.09 bits per heavy atom. The summed E-state index contributed by atoms with van der Waals surface area (Å²) < 4.78 is 5.07. The summed E-state index contributed by atoms with van der Waals surface area (Å²) in [5.74, 6) is 0.358. The molecule has 2 aromatic rings. The van der Waals surface area contributed by atoms with Gasteiger partial charge in [-0.3, -0.25) is 4.79 Å². The van der Waals surface area contributed by atoms with E-state index in [1.165, 1.54) is 0 Å². The topological polar surface area (TPSA) is 93.4 Å². The van der Waals surface area contributed by atoms with Crippen LogP contribution in [0.25, 0.3) is 0 Å². The lowest BCUT2D eigenvalue weighted by atomic mass is 10.1. The second-order valence-electron chi connectivity index (χ2n) is 4.97. The molecule has 0 radical (unpaired) electrons. The van der Waals surface area contributed by atoms with Gasteiger partial charge in [0.15, 0.2) is 0 Å². The highest BCUT2D eigenvalue weighted by atomic mass is 16.5. The molecular weight excluding hydrogens is 294 g/mol. The van der Waals surface area contributed by atoms with E-state index in [9.17, 15) is 9.59 Å². The molecule has 1 atom stereocenters. The van der Waals surface area contributed by atoms with Crippen LogP contribution in [0.5, 0.6) is 5.75 Å². The van der Waals surface area contributed by atoms with E-state index < -0.39 is 12.1 Å². The standard InChI is InChI=1S/C17H19N3O3/c1-23-14-9-7-13(8-10-14)19-16(21)15(20-17(18)22)11-12-5-3-2-4-6-12/h2-10,15H,11H2,1H3,(H,19,21)(H3,18,20,22). The number of urea groups is 1. The molecule has 2 rings (SSSR count). The number of primary amides is 1. The highest BCUT2D eigenvalue weighted by Gasteiger charge is 2.20. The molecule has 120 valence electrons. The number of carbonyl (C=O) groups excluding carboxylic acids is 2. The molecule has 4 N–H and O–H groups in total. The van der Waals surface area contributed by atoms with Gasteiger partial charge in [-0.25, -0.2) is 4.79 Å². The maximum Gasteiger partial charge on any atom is 0.312 e. The van der Waals surface area contributed by atoms with Gasteiger partial charge in [0.05, 0.1) is 7.11 Å². The van der Waals surface area contributed by atoms with Crippen molar-refractivity contribution < 1.29 is 14.3 Å². The van der Waals surface area contributed by atoms with Crippen LogP contribution in [0.1, 0.15) is 5.56 Å². The smallest absolute Gasteiger partial charge is 0.312 e. The Labute approximate surface area is 134 Å². The first-order valence-electron chi connectivity index (χ1n) is 7.13. The van der Waals surface area contributed by atoms with Crippen LogP contribution in [0.15, 0.2) is 54.6 Å². The average molecular weight is 313 g/mol. The fourth-order valence-corrected chi connectivity index (χ4v) is 2.13. The van der Waals surface area contributed by atoms with E-state index >= 15 is 0 Å². The number of rotatable bonds is 6. The number of hydrogen-bond acceptors (Lipinski definition) is 3. The van der Waals surface area contributed by atoms with Gasteiger partial charge in [-0.05, 0) is 29.8 Å². The normalized spacial score (nSPS) is 11.3. The molecule has 0 spiro atoms. The summed E-state index contributed by atoms with van der Waals surface area (Å²) >= 11 is 0. The summed E-state index contributed by atoms with van der Waals surface area (Å²) in [6.07, 6.45) is 0.353. The summed E-state index contributed by atoms with van der Waals surface area (Å²) in [5, 5.41) is 5.23. The zero-order chi connectivity index (χ0) is 16.7. The molecule has 1 unspecified atom stereocenters. The van der Waals surface area contributed by atoms with Crippen molar-refractivity contribution in [2.75, 3.05) is 12.4 Å². The van der Waals surface area contributed by atoms with Gasteiger partial charge in [0.1, 0.15) is 11.8 Å². The monoisotopic (exact) mass is 313 g/mol. The highest BCUT2D eigenvalue weighted by molar-refractivity contribution is 5.97. The molecule has 0 aromatic heterocycles. The second-order valence-corrected chi connectivity index (χ2v) is 4.97. The summed E-state index contributed by atoms with van der Waals surface area (Å²) in [7, 11) is 1.57. The zero-order valence-corrected chi connectivity index (χ0v) is 12.8. The van der Waals surface area contributed by atoms with Gasteiger partial charge in [0.25, 0.3) is 0 Å². The highest BCUT2D eigenvalue weighted by Crippen LogP contribution is 2.15. The minimum absolute atomic E-state index is 0.335. The van der Waals surface area contributed by atoms with Crippen molar-refractivity contribution in [2.24, 2.45) is 5.73 Å². The molecule has 0 fully saturated rings. The fraction of sp³-hybridized carbons (Fsp3) is 0.176. The van der Waals surface area contributed by atoms with Crippen LogP contribution in [0, 0.1) is 0 Å². The van der Waals surface area contributed by atoms with E-state index in [0.29, 0.717) is 17.9 Å². The quantitative estimate of drug-likeness (QED) is 0.760. The number of amides is 3. The van der Waals surface area contributed by atoms with Crippen molar-refractivity contribution in [1.29, 1.82) is 0 Å². The van der Waals surface area contributed by atoms with Crippen LogP contribution in [0.4, 0.5) is 10.5 Å². The Hall–Kier alpha value is -3.02. The van der Waals surface area contributed by atoms with Crippen LogP contribution in [-0.2, 0) is 11.2 Å². The maximum absolute atomic E-state index is 12.4. The zero-order valence-electron chi connectivity index (χ0n) is 12.8. The molecule has 0 saturated carbocycles. The number of nitrogens with one attached hydrogen (secondary N) is 2. The predicted molar refractivity (Wildman–Crippen MR) is 88.3 cm³/mol. The molecule has 0 bridgehead atoms. The molecular formula is C17H19N3O3. The third kappa shape index (κ3) is 5.03. The summed E-state index contributed by atoms with van der Waals surface area (Å²) in [5.41, 5.74) is 6.71. The Morgan fingerprint density at radius 3 is 2.30 bits per heavy atom. The van der Waals surface area contributed by atoms with Crippen molar-refractivity contribution in [2.45, 2.75) is 12.5 Å². The lowest BCUT2D eigenvalue weighted by Crippen LogP contribution is -2.47. The van der Waals surface area contributed by atoms with Gasteiger partial charge in [-0.2, -0.15) is 0 Å². The van der Waals surface area contributed by atoms with Crippen LogP contribution >= 0.6 is 0 Å². The minimum Gasteiger partial charge on any atom is -0.497 e. The van der Waals surface area contributed by atoms with Gasteiger partial charge in [0, 0.05) is 12.1 Å². The first-order valence-corrected chi connectivity index (χ1v) is 7.13. The molecule has 0 heterocycles. The van der Waals surface area contributed by atoms with E-state index in [2.05, 4.69) is 10.6 Å².